The summed E-state index contributed by atoms with van der Waals surface area (Å²) in [7, 11) is 1.54. The molecular formula is C28H30N4O5. The summed E-state index contributed by atoms with van der Waals surface area (Å²) in [5.74, 6) is 0.283. The smallest absolute Gasteiger partial charge is 0.322 e. The fourth-order valence-corrected chi connectivity index (χ4v) is 6.08. The number of nitrogens with one attached hydrogen (secondary N) is 2. The first-order valence-electron chi connectivity index (χ1n) is 12.9. The summed E-state index contributed by atoms with van der Waals surface area (Å²) < 4.78 is 5.25. The van der Waals surface area contributed by atoms with E-state index in [1.165, 1.54) is 18.2 Å². The number of carbonyl (C=O) groups is 4. The zero-order valence-electron chi connectivity index (χ0n) is 20.8. The van der Waals surface area contributed by atoms with Gasteiger partial charge in [-0.05, 0) is 60.4 Å². The van der Waals surface area contributed by atoms with Gasteiger partial charge >= 0.3 is 6.03 Å². The topological polar surface area (TPSA) is 108 Å². The first-order valence-corrected chi connectivity index (χ1v) is 12.9. The van der Waals surface area contributed by atoms with E-state index >= 15 is 0 Å². The maximum absolute atomic E-state index is 13.6. The maximum Gasteiger partial charge on any atom is 0.322 e. The molecule has 0 spiro atoms. The van der Waals surface area contributed by atoms with Crippen molar-refractivity contribution in [3.63, 3.8) is 0 Å². The average molecular weight is 503 g/mol. The lowest BCUT2D eigenvalue weighted by Crippen LogP contribution is -2.56. The molecule has 6 rings (SSSR count). The minimum absolute atomic E-state index is 0.0113. The van der Waals surface area contributed by atoms with Gasteiger partial charge in [-0.15, -0.1) is 0 Å². The second-order valence-electron chi connectivity index (χ2n) is 10.5. The van der Waals surface area contributed by atoms with Crippen LogP contribution < -0.4 is 15.4 Å². The summed E-state index contributed by atoms with van der Waals surface area (Å²) in [5.41, 5.74) is 2.51. The molecule has 2 unspecified atom stereocenters. The Kier molecular flexibility index (Phi) is 5.66. The second-order valence-corrected chi connectivity index (χ2v) is 10.5. The van der Waals surface area contributed by atoms with Crippen LogP contribution in [-0.4, -0.2) is 59.3 Å². The number of hydrogen-bond donors (Lipinski definition) is 2. The minimum atomic E-state index is -1.36. The van der Waals surface area contributed by atoms with Gasteiger partial charge in [-0.3, -0.25) is 19.7 Å². The highest BCUT2D eigenvalue weighted by Gasteiger charge is 2.50. The summed E-state index contributed by atoms with van der Waals surface area (Å²) in [4.78, 5) is 55.5. The fraction of sp³-hybridized carbons (Fsp3) is 0.429. The summed E-state index contributed by atoms with van der Waals surface area (Å²) in [6, 6.07) is 13.1. The van der Waals surface area contributed by atoms with Crippen molar-refractivity contribution in [1.82, 2.24) is 20.4 Å². The molecule has 5 amide bonds. The molecule has 3 aliphatic heterocycles. The largest absolute Gasteiger partial charge is 0.497 e. The Morgan fingerprint density at radius 1 is 1.11 bits per heavy atom. The SMILES string of the molecule is COc1ccc2c(c1)C(=O)N(CC1(CCC(=O)N3CCc4ccccc4C3C3CC3)NC(=O)NC1=O)C2. The number of methoxy groups -OCH3 is 1. The summed E-state index contributed by atoms with van der Waals surface area (Å²) >= 11 is 0. The second kappa shape index (κ2) is 8.90. The van der Waals surface area contributed by atoms with Gasteiger partial charge in [-0.2, -0.15) is 0 Å². The van der Waals surface area contributed by atoms with Gasteiger partial charge in [0.25, 0.3) is 11.8 Å². The average Bonchev–Trinajstić information content (AvgIpc) is 3.65. The third-order valence-electron chi connectivity index (χ3n) is 8.16. The Morgan fingerprint density at radius 2 is 1.92 bits per heavy atom. The van der Waals surface area contributed by atoms with Crippen LogP contribution in [0.15, 0.2) is 42.5 Å². The lowest BCUT2D eigenvalue weighted by atomic mass is 9.88. The standard InChI is InChI=1S/C28H30N4O5/c1-37-20-9-8-19-15-31(25(34)22(19)14-20)16-28(26(35)29-27(36)30-28)12-10-23(33)32-13-11-17-4-2-3-5-21(17)24(32)18-6-7-18/h2-5,8-9,14,18,24H,6-7,10-13,15-16H2,1H3,(H2,29,30,35,36). The lowest BCUT2D eigenvalue weighted by molar-refractivity contribution is -0.135. The third kappa shape index (κ3) is 4.12. The molecule has 2 aromatic rings. The monoisotopic (exact) mass is 502 g/mol. The van der Waals surface area contributed by atoms with Gasteiger partial charge < -0.3 is 19.9 Å². The molecule has 1 saturated carbocycles. The van der Waals surface area contributed by atoms with Crippen molar-refractivity contribution in [3.8, 4) is 5.75 Å². The Labute approximate surface area is 215 Å². The molecular weight excluding hydrogens is 472 g/mol. The molecule has 2 fully saturated rings. The molecule has 2 atom stereocenters. The van der Waals surface area contributed by atoms with E-state index in [0.717, 1.165) is 24.8 Å². The zero-order valence-corrected chi connectivity index (χ0v) is 20.8. The first kappa shape index (κ1) is 23.5. The molecule has 0 radical (unpaired) electrons. The third-order valence-corrected chi connectivity index (χ3v) is 8.16. The molecule has 9 heteroatoms. The van der Waals surface area contributed by atoms with Gasteiger partial charge in [-0.25, -0.2) is 4.79 Å². The van der Waals surface area contributed by atoms with Crippen molar-refractivity contribution in [2.75, 3.05) is 20.2 Å². The molecule has 3 heterocycles. The van der Waals surface area contributed by atoms with Crippen molar-refractivity contribution in [3.05, 3.63) is 64.7 Å². The zero-order chi connectivity index (χ0) is 25.7. The van der Waals surface area contributed by atoms with E-state index in [1.54, 1.807) is 17.0 Å². The molecule has 0 aromatic heterocycles. The molecule has 9 nitrogen and oxygen atoms in total. The fourth-order valence-electron chi connectivity index (χ4n) is 6.08. The molecule has 1 saturated heterocycles. The number of benzene rings is 2. The van der Waals surface area contributed by atoms with Crippen LogP contribution in [0.2, 0.25) is 0 Å². The van der Waals surface area contributed by atoms with Gasteiger partial charge in [0.15, 0.2) is 0 Å². The number of nitrogens with zero attached hydrogens (tertiary/aromatic N) is 2. The number of carbonyl (C=O) groups excluding carboxylic acids is 4. The van der Waals surface area contributed by atoms with Crippen LogP contribution in [0.3, 0.4) is 0 Å². The van der Waals surface area contributed by atoms with Crippen LogP contribution in [-0.2, 0) is 22.6 Å². The molecule has 4 aliphatic rings. The van der Waals surface area contributed by atoms with E-state index in [1.807, 2.05) is 23.1 Å². The number of hydrogen-bond acceptors (Lipinski definition) is 5. The normalized spacial score (nSPS) is 24.5. The van der Waals surface area contributed by atoms with Crippen molar-refractivity contribution in [2.45, 2.75) is 50.2 Å². The molecule has 2 N–H and O–H groups in total. The van der Waals surface area contributed by atoms with E-state index in [9.17, 15) is 19.2 Å². The molecule has 2 aromatic carbocycles. The van der Waals surface area contributed by atoms with Crippen LogP contribution in [0.5, 0.6) is 5.75 Å². The first-order chi connectivity index (χ1) is 17.9. The van der Waals surface area contributed by atoms with Crippen LogP contribution in [0.1, 0.15) is 58.8 Å². The highest BCUT2D eigenvalue weighted by atomic mass is 16.5. The van der Waals surface area contributed by atoms with E-state index in [2.05, 4.69) is 22.8 Å². The van der Waals surface area contributed by atoms with Gasteiger partial charge in [-0.1, -0.05) is 30.3 Å². The van der Waals surface area contributed by atoms with Gasteiger partial charge in [0.05, 0.1) is 19.7 Å². The summed E-state index contributed by atoms with van der Waals surface area (Å²) in [5, 5.41) is 5.06. The van der Waals surface area contributed by atoms with Crippen LogP contribution in [0.25, 0.3) is 0 Å². The van der Waals surface area contributed by atoms with Crippen molar-refractivity contribution >= 4 is 23.8 Å². The van der Waals surface area contributed by atoms with Crippen molar-refractivity contribution in [2.24, 2.45) is 5.92 Å². The van der Waals surface area contributed by atoms with Crippen LogP contribution in [0, 0.1) is 5.92 Å². The number of fused-ring (bicyclic) bond motifs is 2. The van der Waals surface area contributed by atoms with Crippen molar-refractivity contribution < 1.29 is 23.9 Å². The van der Waals surface area contributed by atoms with E-state index in [-0.39, 0.29) is 37.2 Å². The number of rotatable bonds is 7. The van der Waals surface area contributed by atoms with E-state index in [0.29, 0.717) is 30.3 Å². The van der Waals surface area contributed by atoms with Gasteiger partial charge in [0.1, 0.15) is 11.3 Å². The molecule has 37 heavy (non-hydrogen) atoms. The minimum Gasteiger partial charge on any atom is -0.497 e. The Morgan fingerprint density at radius 3 is 2.65 bits per heavy atom. The predicted molar refractivity (Wildman–Crippen MR) is 134 cm³/mol. The molecule has 0 bridgehead atoms. The van der Waals surface area contributed by atoms with Gasteiger partial charge in [0, 0.05) is 25.1 Å². The predicted octanol–water partition coefficient (Wildman–Crippen LogP) is 2.55. The molecule has 192 valence electrons. The Balaban J connectivity index is 1.20. The summed E-state index contributed by atoms with van der Waals surface area (Å²) in [6.45, 7) is 0.955. The lowest BCUT2D eigenvalue weighted by Gasteiger charge is -2.38. The quantitative estimate of drug-likeness (QED) is 0.566. The Hall–Kier alpha value is -3.88. The maximum atomic E-state index is 13.6. The summed E-state index contributed by atoms with van der Waals surface area (Å²) in [6.07, 6.45) is 3.23. The highest BCUT2D eigenvalue weighted by Crippen LogP contribution is 2.47. The van der Waals surface area contributed by atoms with E-state index < -0.39 is 17.5 Å². The van der Waals surface area contributed by atoms with Gasteiger partial charge in [0.2, 0.25) is 5.91 Å². The molecule has 1 aliphatic carbocycles. The van der Waals surface area contributed by atoms with Crippen LogP contribution >= 0.6 is 0 Å². The number of urea groups is 1. The van der Waals surface area contributed by atoms with Crippen molar-refractivity contribution in [1.29, 1.82) is 0 Å². The van der Waals surface area contributed by atoms with Crippen LogP contribution in [0.4, 0.5) is 4.79 Å². The van der Waals surface area contributed by atoms with E-state index in [4.69, 9.17) is 4.74 Å². The number of imide groups is 1. The Bertz CT molecular complexity index is 1310. The number of amides is 5. The highest BCUT2D eigenvalue weighted by molar-refractivity contribution is 6.08. The number of ether oxygens (including phenoxy) is 1.